The Morgan fingerprint density at radius 2 is 1.67 bits per heavy atom. The van der Waals surface area contributed by atoms with Gasteiger partial charge in [0.05, 0.1) is 25.0 Å². The average Bonchev–Trinajstić information content (AvgIpc) is 3.00. The molecule has 24 heavy (non-hydrogen) atoms. The van der Waals surface area contributed by atoms with Crippen LogP contribution in [0, 0.1) is 11.8 Å². The molecule has 1 aliphatic heterocycles. The number of benzene rings is 1. The van der Waals surface area contributed by atoms with E-state index >= 15 is 0 Å². The van der Waals surface area contributed by atoms with Gasteiger partial charge in [0.25, 0.3) is 0 Å². The number of carbonyl (C=O) groups is 2. The van der Waals surface area contributed by atoms with Crippen molar-refractivity contribution in [2.24, 2.45) is 11.8 Å². The van der Waals surface area contributed by atoms with Gasteiger partial charge in [0.15, 0.2) is 0 Å². The monoisotopic (exact) mass is 333 g/mol. The van der Waals surface area contributed by atoms with Crippen molar-refractivity contribution >= 4 is 11.9 Å². The summed E-state index contributed by atoms with van der Waals surface area (Å²) in [5.74, 6) is -1.46. The zero-order chi connectivity index (χ0) is 17.4. The fourth-order valence-corrected chi connectivity index (χ4v) is 3.01. The number of rotatable bonds is 8. The van der Waals surface area contributed by atoms with E-state index in [1.54, 1.807) is 6.92 Å². The van der Waals surface area contributed by atoms with Gasteiger partial charge in [0.1, 0.15) is 0 Å². The fourth-order valence-electron chi connectivity index (χ4n) is 3.01. The van der Waals surface area contributed by atoms with E-state index in [1.165, 1.54) is 5.56 Å². The fraction of sp³-hybridized carbons (Fsp3) is 0.579. The first-order valence-corrected chi connectivity index (χ1v) is 8.75. The summed E-state index contributed by atoms with van der Waals surface area (Å²) in [6, 6.07) is 10.1. The number of carbonyl (C=O) groups excluding carboxylic acids is 2. The molecule has 1 heterocycles. The molecule has 5 heteroatoms. The maximum Gasteiger partial charge on any atom is 0.311 e. The van der Waals surface area contributed by atoms with Crippen molar-refractivity contribution in [1.82, 2.24) is 4.90 Å². The molecular weight excluding hydrogens is 306 g/mol. The molecule has 2 rings (SSSR count). The zero-order valence-electron chi connectivity index (χ0n) is 14.6. The summed E-state index contributed by atoms with van der Waals surface area (Å²) in [4.78, 5) is 26.7. The molecule has 0 spiro atoms. The predicted octanol–water partition coefficient (Wildman–Crippen LogP) is 2.64. The summed E-state index contributed by atoms with van der Waals surface area (Å²) in [7, 11) is 0. The van der Waals surface area contributed by atoms with Crippen LogP contribution < -0.4 is 0 Å². The van der Waals surface area contributed by atoms with Crippen LogP contribution in [0.1, 0.15) is 32.3 Å². The smallest absolute Gasteiger partial charge is 0.311 e. The van der Waals surface area contributed by atoms with Gasteiger partial charge in [0, 0.05) is 19.6 Å². The SMILES string of the molecule is CCCCOC(=O)[C@@H]1CN(Cc2ccccc2)C[C@H]1C(=O)OCC. The first kappa shape index (κ1) is 18.5. The Balaban J connectivity index is 2.01. The lowest BCUT2D eigenvalue weighted by Gasteiger charge is -2.15. The van der Waals surface area contributed by atoms with Crippen LogP contribution in [0.25, 0.3) is 0 Å². The van der Waals surface area contributed by atoms with Gasteiger partial charge in [-0.3, -0.25) is 14.5 Å². The molecule has 132 valence electrons. The molecule has 1 aromatic rings. The second-order valence-electron chi connectivity index (χ2n) is 6.17. The van der Waals surface area contributed by atoms with Crippen LogP contribution in [0.5, 0.6) is 0 Å². The van der Waals surface area contributed by atoms with Crippen molar-refractivity contribution in [1.29, 1.82) is 0 Å². The Hall–Kier alpha value is -1.88. The maximum atomic E-state index is 12.4. The van der Waals surface area contributed by atoms with Crippen molar-refractivity contribution in [3.63, 3.8) is 0 Å². The summed E-state index contributed by atoms with van der Waals surface area (Å²) in [6.45, 7) is 6.35. The van der Waals surface area contributed by atoms with Gasteiger partial charge in [-0.25, -0.2) is 0 Å². The molecule has 1 aliphatic rings. The first-order valence-electron chi connectivity index (χ1n) is 8.75. The number of ether oxygens (including phenoxy) is 2. The van der Waals surface area contributed by atoms with E-state index in [0.717, 1.165) is 19.4 Å². The maximum absolute atomic E-state index is 12.4. The Labute approximate surface area is 143 Å². The van der Waals surface area contributed by atoms with Crippen molar-refractivity contribution in [3.8, 4) is 0 Å². The molecule has 0 amide bonds. The molecule has 0 radical (unpaired) electrons. The number of hydrogen-bond acceptors (Lipinski definition) is 5. The third kappa shape index (κ3) is 5.06. The van der Waals surface area contributed by atoms with Crippen LogP contribution in [0.4, 0.5) is 0 Å². The molecule has 0 bridgehead atoms. The Kier molecular flexibility index (Phi) is 7.25. The van der Waals surface area contributed by atoms with E-state index in [4.69, 9.17) is 9.47 Å². The van der Waals surface area contributed by atoms with Gasteiger partial charge < -0.3 is 9.47 Å². The highest BCUT2D eigenvalue weighted by Crippen LogP contribution is 2.27. The van der Waals surface area contributed by atoms with Gasteiger partial charge in [-0.15, -0.1) is 0 Å². The Morgan fingerprint density at radius 1 is 1.04 bits per heavy atom. The second-order valence-corrected chi connectivity index (χ2v) is 6.17. The van der Waals surface area contributed by atoms with Crippen molar-refractivity contribution in [2.45, 2.75) is 33.2 Å². The van der Waals surface area contributed by atoms with E-state index < -0.39 is 11.8 Å². The molecule has 1 saturated heterocycles. The van der Waals surface area contributed by atoms with Crippen LogP contribution in [0.2, 0.25) is 0 Å². The number of nitrogens with zero attached hydrogens (tertiary/aromatic N) is 1. The standard InChI is InChI=1S/C19H27NO4/c1-3-5-11-24-19(22)17-14-20(12-15-9-7-6-8-10-15)13-16(17)18(21)23-4-2/h6-10,16-17H,3-5,11-14H2,1-2H3/t16-,17-/m1/s1. The molecule has 0 aliphatic carbocycles. The Bertz CT molecular complexity index is 531. The van der Waals surface area contributed by atoms with Crippen LogP contribution >= 0.6 is 0 Å². The highest BCUT2D eigenvalue weighted by molar-refractivity contribution is 5.83. The third-order valence-electron chi connectivity index (χ3n) is 4.28. The minimum atomic E-state index is -0.442. The second kappa shape index (κ2) is 9.42. The predicted molar refractivity (Wildman–Crippen MR) is 91.2 cm³/mol. The molecule has 0 aromatic heterocycles. The molecule has 0 saturated carbocycles. The van der Waals surface area contributed by atoms with Crippen LogP contribution in [-0.4, -0.2) is 43.1 Å². The van der Waals surface area contributed by atoms with Crippen molar-refractivity contribution in [3.05, 3.63) is 35.9 Å². The zero-order valence-corrected chi connectivity index (χ0v) is 14.6. The van der Waals surface area contributed by atoms with Crippen LogP contribution in [0.3, 0.4) is 0 Å². The highest BCUT2D eigenvalue weighted by atomic mass is 16.5. The average molecular weight is 333 g/mol. The number of likely N-dealkylation sites (tertiary alicyclic amines) is 1. The number of hydrogen-bond donors (Lipinski definition) is 0. The molecule has 1 fully saturated rings. The quantitative estimate of drug-likeness (QED) is 0.541. The van der Waals surface area contributed by atoms with Crippen molar-refractivity contribution < 1.29 is 19.1 Å². The first-order chi connectivity index (χ1) is 11.7. The minimum absolute atomic E-state index is 0.280. The van der Waals surface area contributed by atoms with E-state index in [2.05, 4.69) is 4.90 Å². The van der Waals surface area contributed by atoms with E-state index in [9.17, 15) is 9.59 Å². The normalized spacial score (nSPS) is 20.8. The van der Waals surface area contributed by atoms with E-state index in [0.29, 0.717) is 26.3 Å². The number of esters is 2. The van der Waals surface area contributed by atoms with E-state index in [1.807, 2.05) is 37.3 Å². The van der Waals surface area contributed by atoms with Crippen LogP contribution in [0.15, 0.2) is 30.3 Å². The lowest BCUT2D eigenvalue weighted by Crippen LogP contribution is -2.31. The molecular formula is C19H27NO4. The largest absolute Gasteiger partial charge is 0.466 e. The van der Waals surface area contributed by atoms with Gasteiger partial charge in [-0.05, 0) is 18.9 Å². The number of unbranched alkanes of at least 4 members (excludes halogenated alkanes) is 1. The molecule has 1 aromatic carbocycles. The third-order valence-corrected chi connectivity index (χ3v) is 4.28. The van der Waals surface area contributed by atoms with E-state index in [-0.39, 0.29) is 11.9 Å². The summed E-state index contributed by atoms with van der Waals surface area (Å²) in [5, 5.41) is 0. The van der Waals surface area contributed by atoms with Gasteiger partial charge in [0.2, 0.25) is 0 Å². The summed E-state index contributed by atoms with van der Waals surface area (Å²) in [5.41, 5.74) is 1.17. The summed E-state index contributed by atoms with van der Waals surface area (Å²) < 4.78 is 10.5. The molecule has 2 atom stereocenters. The van der Waals surface area contributed by atoms with Gasteiger partial charge >= 0.3 is 11.9 Å². The van der Waals surface area contributed by atoms with Crippen molar-refractivity contribution in [2.75, 3.05) is 26.3 Å². The molecule has 0 N–H and O–H groups in total. The lowest BCUT2D eigenvalue weighted by molar-refractivity contribution is -0.158. The molecule has 5 nitrogen and oxygen atoms in total. The summed E-state index contributed by atoms with van der Waals surface area (Å²) >= 11 is 0. The minimum Gasteiger partial charge on any atom is -0.466 e. The van der Waals surface area contributed by atoms with Crippen LogP contribution in [-0.2, 0) is 25.6 Å². The summed E-state index contributed by atoms with van der Waals surface area (Å²) in [6.07, 6.45) is 1.82. The topological polar surface area (TPSA) is 55.8 Å². The highest BCUT2D eigenvalue weighted by Gasteiger charge is 2.43. The van der Waals surface area contributed by atoms with Gasteiger partial charge in [-0.1, -0.05) is 43.7 Å². The van der Waals surface area contributed by atoms with Gasteiger partial charge in [-0.2, -0.15) is 0 Å². The molecule has 0 unspecified atom stereocenters. The Morgan fingerprint density at radius 3 is 2.25 bits per heavy atom. The lowest BCUT2D eigenvalue weighted by atomic mass is 9.96.